The number of nitrogens with one attached hydrogen (secondary N) is 1. The molecule has 0 radical (unpaired) electrons. The highest BCUT2D eigenvalue weighted by molar-refractivity contribution is 5.76. The van der Waals surface area contributed by atoms with E-state index in [1.165, 1.54) is 0 Å². The van der Waals surface area contributed by atoms with Gasteiger partial charge in [-0.05, 0) is 20.9 Å². The van der Waals surface area contributed by atoms with Gasteiger partial charge >= 0.3 is 5.97 Å². The van der Waals surface area contributed by atoms with Gasteiger partial charge in [0.25, 0.3) is 0 Å². The summed E-state index contributed by atoms with van der Waals surface area (Å²) in [6.45, 7) is 3.88. The number of ether oxygens (including phenoxy) is 1. The lowest BCUT2D eigenvalue weighted by Gasteiger charge is -2.14. The van der Waals surface area contributed by atoms with E-state index in [1.807, 2.05) is 0 Å². The second kappa shape index (κ2) is 5.09. The van der Waals surface area contributed by atoms with E-state index in [2.05, 4.69) is 5.32 Å². The van der Waals surface area contributed by atoms with Crippen molar-refractivity contribution in [2.75, 3.05) is 13.6 Å². The molecular weight excluding hydrogens is 144 g/mol. The second-order valence-electron chi connectivity index (χ2n) is 2.56. The average molecular weight is 160 g/mol. The Labute approximate surface area is 67.1 Å². The van der Waals surface area contributed by atoms with E-state index in [1.54, 1.807) is 20.9 Å². The van der Waals surface area contributed by atoms with Gasteiger partial charge in [-0.25, -0.2) is 0 Å². The highest BCUT2D eigenvalue weighted by atomic mass is 16.5. The van der Waals surface area contributed by atoms with Crippen LogP contribution in [0.4, 0.5) is 0 Å². The first-order valence-electron chi connectivity index (χ1n) is 3.69. The molecule has 0 amide bonds. The Hall–Kier alpha value is -0.610. The molecule has 0 aromatic rings. The Morgan fingerprint density at radius 2 is 2.18 bits per heavy atom. The normalized spacial score (nSPS) is 13.2. The summed E-state index contributed by atoms with van der Waals surface area (Å²) >= 11 is 0. The molecule has 66 valence electrons. The Balaban J connectivity index is 3.79. The maximum Gasteiger partial charge on any atom is 0.324 e. The third-order valence-electron chi connectivity index (χ3n) is 1.22. The van der Waals surface area contributed by atoms with E-state index < -0.39 is 0 Å². The van der Waals surface area contributed by atoms with Crippen molar-refractivity contribution in [2.24, 2.45) is 5.73 Å². The lowest BCUT2D eigenvalue weighted by Crippen LogP contribution is -2.42. The summed E-state index contributed by atoms with van der Waals surface area (Å²) < 4.78 is 4.91. The second-order valence-corrected chi connectivity index (χ2v) is 2.56. The Morgan fingerprint density at radius 1 is 1.64 bits per heavy atom. The molecule has 0 aromatic heterocycles. The van der Waals surface area contributed by atoms with Crippen LogP contribution in [0.3, 0.4) is 0 Å². The molecule has 0 spiro atoms. The third-order valence-corrected chi connectivity index (χ3v) is 1.22. The van der Waals surface area contributed by atoms with Crippen LogP contribution in [-0.2, 0) is 9.53 Å². The van der Waals surface area contributed by atoms with Gasteiger partial charge < -0.3 is 15.8 Å². The van der Waals surface area contributed by atoms with Gasteiger partial charge in [-0.1, -0.05) is 0 Å². The highest BCUT2D eigenvalue weighted by Gasteiger charge is 2.16. The number of rotatable bonds is 4. The van der Waals surface area contributed by atoms with Crippen molar-refractivity contribution in [1.29, 1.82) is 0 Å². The minimum Gasteiger partial charge on any atom is -0.462 e. The lowest BCUT2D eigenvalue weighted by atomic mass is 10.3. The topological polar surface area (TPSA) is 64.3 Å². The molecule has 11 heavy (non-hydrogen) atoms. The van der Waals surface area contributed by atoms with Gasteiger partial charge in [-0.15, -0.1) is 0 Å². The highest BCUT2D eigenvalue weighted by Crippen LogP contribution is 1.92. The molecule has 4 nitrogen and oxygen atoms in total. The maximum atomic E-state index is 11.1. The van der Waals surface area contributed by atoms with Crippen molar-refractivity contribution in [3.05, 3.63) is 0 Å². The minimum atomic E-state index is -0.377. The molecule has 0 saturated heterocycles. The van der Waals surface area contributed by atoms with E-state index in [0.717, 1.165) is 0 Å². The van der Waals surface area contributed by atoms with E-state index in [-0.39, 0.29) is 24.7 Å². The van der Waals surface area contributed by atoms with Gasteiger partial charge in [0.05, 0.1) is 6.10 Å². The smallest absolute Gasteiger partial charge is 0.324 e. The molecule has 0 unspecified atom stereocenters. The molecule has 0 aromatic carbocycles. The first-order chi connectivity index (χ1) is 5.11. The molecule has 0 heterocycles. The fourth-order valence-electron chi connectivity index (χ4n) is 0.646. The van der Waals surface area contributed by atoms with Gasteiger partial charge in [-0.3, -0.25) is 4.79 Å². The van der Waals surface area contributed by atoms with Crippen LogP contribution in [0.2, 0.25) is 0 Å². The van der Waals surface area contributed by atoms with E-state index in [9.17, 15) is 4.79 Å². The van der Waals surface area contributed by atoms with Crippen LogP contribution in [-0.4, -0.2) is 31.7 Å². The zero-order valence-electron chi connectivity index (χ0n) is 7.26. The van der Waals surface area contributed by atoms with Crippen LogP contribution in [0.1, 0.15) is 13.8 Å². The van der Waals surface area contributed by atoms with Crippen molar-refractivity contribution in [2.45, 2.75) is 26.0 Å². The maximum absolute atomic E-state index is 11.1. The largest absolute Gasteiger partial charge is 0.462 e. The summed E-state index contributed by atoms with van der Waals surface area (Å²) in [5.41, 5.74) is 5.30. The molecule has 0 bridgehead atoms. The summed E-state index contributed by atoms with van der Waals surface area (Å²) in [7, 11) is 1.68. The summed E-state index contributed by atoms with van der Waals surface area (Å²) in [4.78, 5) is 11.1. The molecule has 0 fully saturated rings. The fraction of sp³-hybridized carbons (Fsp3) is 0.857. The molecule has 0 aliphatic carbocycles. The van der Waals surface area contributed by atoms with E-state index >= 15 is 0 Å². The van der Waals surface area contributed by atoms with Crippen LogP contribution >= 0.6 is 0 Å². The number of carbonyl (C=O) groups is 1. The number of hydrogen-bond donors (Lipinski definition) is 2. The summed E-state index contributed by atoms with van der Waals surface area (Å²) in [5, 5.41) is 2.76. The summed E-state index contributed by atoms with van der Waals surface area (Å²) in [5.74, 6) is -0.287. The van der Waals surface area contributed by atoms with Crippen LogP contribution in [0.15, 0.2) is 0 Å². The molecule has 0 rings (SSSR count). The Bertz CT molecular complexity index is 122. The van der Waals surface area contributed by atoms with Gasteiger partial charge in [0.1, 0.15) is 6.04 Å². The molecule has 0 aliphatic rings. The molecule has 0 aliphatic heterocycles. The van der Waals surface area contributed by atoms with Crippen molar-refractivity contribution >= 4 is 5.97 Å². The monoisotopic (exact) mass is 160 g/mol. The van der Waals surface area contributed by atoms with Gasteiger partial charge in [0, 0.05) is 6.54 Å². The molecule has 1 atom stereocenters. The Kier molecular flexibility index (Phi) is 4.81. The zero-order chi connectivity index (χ0) is 8.85. The van der Waals surface area contributed by atoms with E-state index in [4.69, 9.17) is 10.5 Å². The van der Waals surface area contributed by atoms with Crippen LogP contribution in [0, 0.1) is 0 Å². The van der Waals surface area contributed by atoms with Crippen molar-refractivity contribution in [3.8, 4) is 0 Å². The quantitative estimate of drug-likeness (QED) is 0.543. The SMILES string of the molecule is CN[C@H](CN)C(=O)OC(C)C. The van der Waals surface area contributed by atoms with Crippen molar-refractivity contribution in [1.82, 2.24) is 5.32 Å². The number of nitrogens with two attached hydrogens (primary N) is 1. The number of likely N-dealkylation sites (N-methyl/N-ethyl adjacent to an activating group) is 1. The standard InChI is InChI=1S/C7H16N2O2/c1-5(2)11-7(10)6(4-8)9-3/h5-6,9H,4,8H2,1-3H3/t6-/m1/s1. The van der Waals surface area contributed by atoms with Crippen LogP contribution in [0.5, 0.6) is 0 Å². The first-order valence-corrected chi connectivity index (χ1v) is 3.69. The predicted octanol–water partition coefficient (Wildman–Crippen LogP) is -0.515. The first kappa shape index (κ1) is 10.4. The zero-order valence-corrected chi connectivity index (χ0v) is 7.26. The molecule has 0 saturated carbocycles. The molecule has 3 N–H and O–H groups in total. The fourth-order valence-corrected chi connectivity index (χ4v) is 0.646. The Morgan fingerprint density at radius 3 is 2.45 bits per heavy atom. The lowest BCUT2D eigenvalue weighted by molar-refractivity contribution is -0.149. The van der Waals surface area contributed by atoms with Crippen LogP contribution < -0.4 is 11.1 Å². The van der Waals surface area contributed by atoms with Crippen molar-refractivity contribution < 1.29 is 9.53 Å². The predicted molar refractivity (Wildman–Crippen MR) is 43.1 cm³/mol. The molecular formula is C7H16N2O2. The minimum absolute atomic E-state index is 0.0788. The van der Waals surface area contributed by atoms with Gasteiger partial charge in [0.15, 0.2) is 0 Å². The van der Waals surface area contributed by atoms with Gasteiger partial charge in [0.2, 0.25) is 0 Å². The van der Waals surface area contributed by atoms with Crippen molar-refractivity contribution in [3.63, 3.8) is 0 Å². The third kappa shape index (κ3) is 3.95. The summed E-state index contributed by atoms with van der Waals surface area (Å²) in [6, 6.07) is -0.377. The average Bonchev–Trinajstić information content (AvgIpc) is 1.88. The van der Waals surface area contributed by atoms with Gasteiger partial charge in [-0.2, -0.15) is 0 Å². The molecule has 4 heteroatoms. The number of esters is 1. The van der Waals surface area contributed by atoms with Crippen LogP contribution in [0.25, 0.3) is 0 Å². The summed E-state index contributed by atoms with van der Waals surface area (Å²) in [6.07, 6.45) is -0.0788. The number of carbonyl (C=O) groups excluding carboxylic acids is 1. The van der Waals surface area contributed by atoms with E-state index in [0.29, 0.717) is 0 Å². The number of hydrogen-bond acceptors (Lipinski definition) is 4.